The van der Waals surface area contributed by atoms with Gasteiger partial charge < -0.3 is 0 Å². The first-order valence-corrected chi connectivity index (χ1v) is 11.9. The van der Waals surface area contributed by atoms with Crippen molar-refractivity contribution in [3.05, 3.63) is 23.0 Å². The van der Waals surface area contributed by atoms with Gasteiger partial charge in [0.1, 0.15) is 5.82 Å². The molecule has 1 rings (SSSR count). The van der Waals surface area contributed by atoms with Crippen molar-refractivity contribution < 1.29 is 18.8 Å². The van der Waals surface area contributed by atoms with Gasteiger partial charge in [0.25, 0.3) is 0 Å². The van der Waals surface area contributed by atoms with Crippen LogP contribution in [0.3, 0.4) is 0 Å². The van der Waals surface area contributed by atoms with Gasteiger partial charge in [-0.05, 0) is 43.2 Å². The molecule has 1 aromatic carbocycles. The van der Waals surface area contributed by atoms with Crippen molar-refractivity contribution >= 4 is 46.0 Å². The zero-order chi connectivity index (χ0) is 24.4. The van der Waals surface area contributed by atoms with Gasteiger partial charge in [0, 0.05) is 21.1 Å². The number of hydrogen-bond acceptors (Lipinski definition) is 4. The summed E-state index contributed by atoms with van der Waals surface area (Å²) in [4.78, 5) is 40.8. The first-order chi connectivity index (χ1) is 14.1. The SMILES string of the molecule is CCC(C)(C)C(=O)Sc1cc(N(C(=O)C(C)(C)CC)C(=O)C(C)(C)CC)c(F)cc1Cl. The molecule has 0 fully saturated rings. The number of amides is 2. The Morgan fingerprint density at radius 1 is 0.871 bits per heavy atom. The number of halogens is 2. The first kappa shape index (κ1) is 27.6. The highest BCUT2D eigenvalue weighted by Gasteiger charge is 2.41. The minimum Gasteiger partial charge on any atom is -0.286 e. The molecule has 0 spiro atoms. The van der Waals surface area contributed by atoms with Crippen LogP contribution in [0.25, 0.3) is 0 Å². The average Bonchev–Trinajstić information content (AvgIpc) is 2.70. The second kappa shape index (κ2) is 10.0. The van der Waals surface area contributed by atoms with Crippen molar-refractivity contribution in [1.29, 1.82) is 0 Å². The van der Waals surface area contributed by atoms with Crippen molar-refractivity contribution in [2.75, 3.05) is 4.90 Å². The highest BCUT2D eigenvalue weighted by Crippen LogP contribution is 2.40. The lowest BCUT2D eigenvalue weighted by Gasteiger charge is -2.35. The Morgan fingerprint density at radius 3 is 1.68 bits per heavy atom. The first-order valence-electron chi connectivity index (χ1n) is 10.7. The molecule has 7 heteroatoms. The van der Waals surface area contributed by atoms with Gasteiger partial charge >= 0.3 is 0 Å². The fourth-order valence-corrected chi connectivity index (χ4v) is 3.58. The molecule has 0 aliphatic heterocycles. The monoisotopic (exact) mass is 471 g/mol. The number of carbonyl (C=O) groups is 3. The lowest BCUT2D eigenvalue weighted by atomic mass is 9.84. The van der Waals surface area contributed by atoms with Crippen LogP contribution in [0.15, 0.2) is 17.0 Å². The van der Waals surface area contributed by atoms with Gasteiger partial charge in [-0.15, -0.1) is 0 Å². The van der Waals surface area contributed by atoms with Crippen molar-refractivity contribution in [2.24, 2.45) is 16.2 Å². The fraction of sp³-hybridized carbons (Fsp3) is 0.625. The molecule has 1 aromatic rings. The molecule has 174 valence electrons. The predicted molar refractivity (Wildman–Crippen MR) is 127 cm³/mol. The Balaban J connectivity index is 3.67. The van der Waals surface area contributed by atoms with E-state index in [1.807, 2.05) is 34.6 Å². The van der Waals surface area contributed by atoms with Gasteiger partial charge in [0.2, 0.25) is 11.8 Å². The van der Waals surface area contributed by atoms with E-state index in [1.165, 1.54) is 6.07 Å². The summed E-state index contributed by atoms with van der Waals surface area (Å²) >= 11 is 7.14. The maximum absolute atomic E-state index is 15.1. The van der Waals surface area contributed by atoms with Gasteiger partial charge in [0.15, 0.2) is 5.12 Å². The number of carbonyl (C=O) groups excluding carboxylic acids is 3. The summed E-state index contributed by atoms with van der Waals surface area (Å²) in [6, 6.07) is 2.41. The molecule has 0 bridgehead atoms. The van der Waals surface area contributed by atoms with E-state index in [0.29, 0.717) is 24.2 Å². The molecule has 0 unspecified atom stereocenters. The van der Waals surface area contributed by atoms with Crippen LogP contribution in [-0.4, -0.2) is 16.9 Å². The lowest BCUT2D eigenvalue weighted by molar-refractivity contribution is -0.135. The zero-order valence-corrected chi connectivity index (χ0v) is 21.7. The van der Waals surface area contributed by atoms with Crippen LogP contribution in [0.2, 0.25) is 5.02 Å². The standard InChI is InChI=1S/C24H35ClFNO3S/c1-10-22(4,5)19(28)27(20(29)23(6,7)11-2)17-14-18(15(25)13-16(17)26)31-21(30)24(8,9)12-3/h13-14H,10-12H2,1-9H3. The Bertz CT molecular complexity index is 837. The fourth-order valence-electron chi connectivity index (χ4n) is 2.37. The van der Waals surface area contributed by atoms with E-state index in [0.717, 1.165) is 22.7 Å². The second-order valence-electron chi connectivity index (χ2n) is 9.78. The summed E-state index contributed by atoms with van der Waals surface area (Å²) < 4.78 is 15.1. The largest absolute Gasteiger partial charge is 0.286 e. The van der Waals surface area contributed by atoms with Gasteiger partial charge in [-0.2, -0.15) is 0 Å². The minimum absolute atomic E-state index is 0.0656. The molecule has 0 aromatic heterocycles. The third kappa shape index (κ3) is 6.10. The second-order valence-corrected chi connectivity index (χ2v) is 11.2. The Labute approximate surface area is 195 Å². The molecule has 0 N–H and O–H groups in total. The molecule has 2 amide bonds. The summed E-state index contributed by atoms with van der Waals surface area (Å²) in [6.07, 6.45) is 1.58. The van der Waals surface area contributed by atoms with E-state index >= 15 is 4.39 Å². The molecular formula is C24H35ClFNO3S. The third-order valence-corrected chi connectivity index (χ3v) is 7.93. The van der Waals surface area contributed by atoms with Crippen molar-refractivity contribution in [3.8, 4) is 0 Å². The molecule has 0 radical (unpaired) electrons. The van der Waals surface area contributed by atoms with E-state index < -0.39 is 33.9 Å². The number of hydrogen-bond donors (Lipinski definition) is 0. The van der Waals surface area contributed by atoms with Crippen LogP contribution in [-0.2, 0) is 14.4 Å². The number of thioether (sulfide) groups is 1. The number of imide groups is 1. The summed E-state index contributed by atoms with van der Waals surface area (Å²) in [5, 5.41) is -0.0581. The highest BCUT2D eigenvalue weighted by atomic mass is 35.5. The van der Waals surface area contributed by atoms with Crippen molar-refractivity contribution in [2.45, 2.75) is 86.5 Å². The number of benzene rings is 1. The molecular weight excluding hydrogens is 437 g/mol. The average molecular weight is 472 g/mol. The van der Waals surface area contributed by atoms with Crippen molar-refractivity contribution in [1.82, 2.24) is 0 Å². The van der Waals surface area contributed by atoms with Gasteiger partial charge in [-0.25, -0.2) is 9.29 Å². The summed E-state index contributed by atoms with van der Waals surface area (Å²) in [6.45, 7) is 16.2. The van der Waals surface area contributed by atoms with Crippen molar-refractivity contribution in [3.63, 3.8) is 0 Å². The smallest absolute Gasteiger partial charge is 0.239 e. The molecule has 0 atom stereocenters. The Kier molecular flexibility index (Phi) is 8.94. The molecule has 31 heavy (non-hydrogen) atoms. The van der Waals surface area contributed by atoms with Gasteiger partial charge in [-0.3, -0.25) is 14.4 Å². The predicted octanol–water partition coefficient (Wildman–Crippen LogP) is 7.27. The molecule has 4 nitrogen and oxygen atoms in total. The lowest BCUT2D eigenvalue weighted by Crippen LogP contribution is -2.50. The van der Waals surface area contributed by atoms with Crippen LogP contribution < -0.4 is 4.90 Å². The quantitative estimate of drug-likeness (QED) is 0.374. The summed E-state index contributed by atoms with van der Waals surface area (Å²) in [5.74, 6) is -1.75. The van der Waals surface area contributed by atoms with Gasteiger partial charge in [0.05, 0.1) is 10.7 Å². The maximum Gasteiger partial charge on any atom is 0.239 e. The maximum atomic E-state index is 15.1. The van der Waals surface area contributed by atoms with E-state index in [9.17, 15) is 14.4 Å². The molecule has 0 aliphatic rings. The van der Waals surface area contributed by atoms with Crippen LogP contribution in [0.4, 0.5) is 10.1 Å². The molecule has 0 saturated heterocycles. The Hall–Kier alpha value is -1.40. The van der Waals surface area contributed by atoms with Crippen LogP contribution >= 0.6 is 23.4 Å². The van der Waals surface area contributed by atoms with E-state index in [4.69, 9.17) is 11.6 Å². The number of nitrogens with zero attached hydrogens (tertiary/aromatic N) is 1. The van der Waals surface area contributed by atoms with E-state index in [-0.39, 0.29) is 15.8 Å². The normalized spacial score (nSPS) is 12.6. The minimum atomic E-state index is -0.876. The topological polar surface area (TPSA) is 54.5 Å². The molecule has 0 heterocycles. The van der Waals surface area contributed by atoms with Crippen LogP contribution in [0.1, 0.15) is 81.6 Å². The van der Waals surface area contributed by atoms with Gasteiger partial charge in [-0.1, -0.05) is 73.9 Å². The highest BCUT2D eigenvalue weighted by molar-refractivity contribution is 8.13. The Morgan fingerprint density at radius 2 is 1.29 bits per heavy atom. The van der Waals surface area contributed by atoms with E-state index in [1.54, 1.807) is 27.7 Å². The van der Waals surface area contributed by atoms with Crippen LogP contribution in [0, 0.1) is 22.1 Å². The molecule has 0 saturated carbocycles. The number of anilines is 1. The molecule has 0 aliphatic carbocycles. The van der Waals surface area contributed by atoms with E-state index in [2.05, 4.69) is 0 Å². The summed E-state index contributed by atoms with van der Waals surface area (Å²) in [5.41, 5.74) is -2.52. The zero-order valence-electron chi connectivity index (χ0n) is 20.1. The summed E-state index contributed by atoms with van der Waals surface area (Å²) in [7, 11) is 0. The third-order valence-electron chi connectivity index (χ3n) is 6.21. The number of rotatable bonds is 8. The van der Waals surface area contributed by atoms with Crippen LogP contribution in [0.5, 0.6) is 0 Å².